The molecule has 110 valence electrons. The van der Waals surface area contributed by atoms with Crippen LogP contribution in [-0.4, -0.2) is 29.3 Å². The first kappa shape index (κ1) is 16.0. The highest BCUT2D eigenvalue weighted by Gasteiger charge is 2.17. The number of aromatic nitrogens is 2. The van der Waals surface area contributed by atoms with Gasteiger partial charge in [-0.05, 0) is 26.7 Å². The van der Waals surface area contributed by atoms with Crippen molar-refractivity contribution in [3.63, 3.8) is 0 Å². The summed E-state index contributed by atoms with van der Waals surface area (Å²) in [7, 11) is 1.74. The van der Waals surface area contributed by atoms with Crippen molar-refractivity contribution in [1.82, 2.24) is 9.55 Å². The van der Waals surface area contributed by atoms with E-state index in [1.54, 1.807) is 7.11 Å². The van der Waals surface area contributed by atoms with E-state index in [9.17, 15) is 0 Å². The van der Waals surface area contributed by atoms with Gasteiger partial charge in [-0.3, -0.25) is 0 Å². The molecule has 0 aliphatic heterocycles. The molecule has 0 aromatic carbocycles. The lowest BCUT2D eigenvalue weighted by Gasteiger charge is -2.24. The normalized spacial score (nSPS) is 14.7. The zero-order valence-corrected chi connectivity index (χ0v) is 13.2. The predicted molar refractivity (Wildman–Crippen MR) is 80.7 cm³/mol. The monoisotopic (exact) mass is 267 g/mol. The zero-order chi connectivity index (χ0) is 14.4. The number of methoxy groups -OCH3 is 1. The fourth-order valence-corrected chi connectivity index (χ4v) is 2.60. The summed E-state index contributed by atoms with van der Waals surface area (Å²) in [5.41, 5.74) is 1.04. The van der Waals surface area contributed by atoms with Crippen LogP contribution in [0.5, 0.6) is 0 Å². The molecule has 0 aliphatic rings. The molecule has 0 amide bonds. The van der Waals surface area contributed by atoms with Crippen molar-refractivity contribution in [3.05, 3.63) is 11.9 Å². The van der Waals surface area contributed by atoms with Gasteiger partial charge in [-0.15, -0.1) is 0 Å². The fraction of sp³-hybridized carbons (Fsp3) is 0.800. The van der Waals surface area contributed by atoms with Crippen LogP contribution in [0.4, 0.5) is 5.95 Å². The van der Waals surface area contributed by atoms with Gasteiger partial charge in [0, 0.05) is 19.3 Å². The lowest BCUT2D eigenvalue weighted by molar-refractivity contribution is 0.163. The Bertz CT molecular complexity index is 371. The lowest BCUT2D eigenvalue weighted by atomic mass is 9.96. The van der Waals surface area contributed by atoms with Crippen molar-refractivity contribution in [1.29, 1.82) is 0 Å². The van der Waals surface area contributed by atoms with Crippen LogP contribution in [0, 0.1) is 12.8 Å². The van der Waals surface area contributed by atoms with Crippen LogP contribution in [0.25, 0.3) is 0 Å². The van der Waals surface area contributed by atoms with Gasteiger partial charge in [0.15, 0.2) is 0 Å². The molecule has 0 bridgehead atoms. The first-order valence-electron chi connectivity index (χ1n) is 7.34. The third kappa shape index (κ3) is 4.23. The van der Waals surface area contributed by atoms with Gasteiger partial charge in [0.1, 0.15) is 0 Å². The van der Waals surface area contributed by atoms with E-state index in [0.717, 1.165) is 11.6 Å². The molecule has 1 heterocycles. The Morgan fingerprint density at radius 2 is 1.95 bits per heavy atom. The number of anilines is 1. The average molecular weight is 267 g/mol. The highest BCUT2D eigenvalue weighted by atomic mass is 16.5. The second-order valence-corrected chi connectivity index (χ2v) is 5.43. The van der Waals surface area contributed by atoms with Crippen molar-refractivity contribution >= 4 is 5.95 Å². The first-order chi connectivity index (χ1) is 9.03. The second-order valence-electron chi connectivity index (χ2n) is 5.43. The predicted octanol–water partition coefficient (Wildman–Crippen LogP) is 3.64. The van der Waals surface area contributed by atoms with E-state index in [2.05, 4.69) is 48.8 Å². The molecule has 0 saturated heterocycles. The number of rotatable bonds is 8. The smallest absolute Gasteiger partial charge is 0.203 e. The Labute approximate surface area is 117 Å². The summed E-state index contributed by atoms with van der Waals surface area (Å²) in [5, 5.41) is 3.57. The Morgan fingerprint density at radius 3 is 2.47 bits per heavy atom. The molecule has 4 heteroatoms. The Morgan fingerprint density at radius 1 is 1.32 bits per heavy atom. The molecule has 1 aromatic rings. The Balaban J connectivity index is 2.82. The van der Waals surface area contributed by atoms with Crippen LogP contribution in [0.3, 0.4) is 0 Å². The van der Waals surface area contributed by atoms with E-state index < -0.39 is 0 Å². The summed E-state index contributed by atoms with van der Waals surface area (Å²) in [6.45, 7) is 11.6. The Hall–Kier alpha value is -1.03. The topological polar surface area (TPSA) is 39.1 Å². The number of hydrogen-bond acceptors (Lipinski definition) is 3. The van der Waals surface area contributed by atoms with Crippen LogP contribution >= 0.6 is 0 Å². The maximum atomic E-state index is 5.24. The van der Waals surface area contributed by atoms with Crippen molar-refractivity contribution in [2.24, 2.45) is 5.92 Å². The summed E-state index contributed by atoms with van der Waals surface area (Å²) in [6.07, 6.45) is 4.47. The van der Waals surface area contributed by atoms with E-state index in [-0.39, 0.29) is 0 Å². The third-order valence-corrected chi connectivity index (χ3v) is 3.85. The van der Waals surface area contributed by atoms with Crippen molar-refractivity contribution in [2.75, 3.05) is 19.0 Å². The van der Waals surface area contributed by atoms with E-state index in [1.807, 2.05) is 6.92 Å². The summed E-state index contributed by atoms with van der Waals surface area (Å²) >= 11 is 0. The molecular weight excluding hydrogens is 238 g/mol. The number of hydrogen-bond donors (Lipinski definition) is 1. The van der Waals surface area contributed by atoms with E-state index in [1.165, 1.54) is 12.8 Å². The maximum absolute atomic E-state index is 5.24. The van der Waals surface area contributed by atoms with E-state index in [0.29, 0.717) is 24.6 Å². The summed E-state index contributed by atoms with van der Waals surface area (Å²) in [4.78, 5) is 4.60. The van der Waals surface area contributed by atoms with Gasteiger partial charge in [0.2, 0.25) is 5.95 Å². The summed E-state index contributed by atoms with van der Waals surface area (Å²) in [6, 6.07) is 0.730. The van der Waals surface area contributed by atoms with E-state index in [4.69, 9.17) is 4.74 Å². The van der Waals surface area contributed by atoms with Crippen molar-refractivity contribution in [2.45, 2.75) is 59.5 Å². The quantitative estimate of drug-likeness (QED) is 0.781. The fourth-order valence-electron chi connectivity index (χ4n) is 2.60. The maximum Gasteiger partial charge on any atom is 0.203 e. The highest BCUT2D eigenvalue weighted by Crippen LogP contribution is 2.21. The zero-order valence-electron chi connectivity index (χ0n) is 13.2. The number of aryl methyl sites for hydroxylation is 1. The number of nitrogens with one attached hydrogen (secondary N) is 1. The molecule has 4 nitrogen and oxygen atoms in total. The van der Waals surface area contributed by atoms with Gasteiger partial charge < -0.3 is 14.6 Å². The average Bonchev–Trinajstić information content (AvgIpc) is 2.72. The minimum Gasteiger partial charge on any atom is -0.383 e. The number of ether oxygens (including phenoxy) is 1. The first-order valence-corrected chi connectivity index (χ1v) is 7.34. The molecule has 0 spiro atoms. The lowest BCUT2D eigenvalue weighted by Crippen LogP contribution is -2.27. The van der Waals surface area contributed by atoms with E-state index >= 15 is 0 Å². The van der Waals surface area contributed by atoms with Crippen molar-refractivity contribution in [3.8, 4) is 0 Å². The molecule has 0 aliphatic carbocycles. The highest BCUT2D eigenvalue weighted by molar-refractivity contribution is 5.31. The second kappa shape index (κ2) is 7.53. The minimum atomic E-state index is 0.294. The van der Waals surface area contributed by atoms with Gasteiger partial charge in [0.05, 0.1) is 18.3 Å². The molecule has 2 atom stereocenters. The Kier molecular flexibility index (Phi) is 6.35. The van der Waals surface area contributed by atoms with Gasteiger partial charge in [-0.25, -0.2) is 4.98 Å². The van der Waals surface area contributed by atoms with Gasteiger partial charge in [0.25, 0.3) is 0 Å². The summed E-state index contributed by atoms with van der Waals surface area (Å²) in [5.74, 6) is 1.64. The van der Waals surface area contributed by atoms with Crippen LogP contribution in [0.2, 0.25) is 0 Å². The van der Waals surface area contributed by atoms with Crippen molar-refractivity contribution < 1.29 is 4.74 Å². The van der Waals surface area contributed by atoms with Crippen LogP contribution < -0.4 is 5.32 Å². The standard InChI is InChI=1S/C15H29N3O/c1-7-14(8-2)13(5)17-15-16-11(3)9-18(15)12(4)10-19-6/h9,12-14H,7-8,10H2,1-6H3,(H,16,17). The molecule has 0 fully saturated rings. The minimum absolute atomic E-state index is 0.294. The molecule has 1 rings (SSSR count). The molecule has 1 aromatic heterocycles. The molecule has 0 radical (unpaired) electrons. The molecule has 2 unspecified atom stereocenters. The molecule has 1 N–H and O–H groups in total. The molecule has 0 saturated carbocycles. The van der Waals surface area contributed by atoms with Gasteiger partial charge >= 0.3 is 0 Å². The molecular formula is C15H29N3O. The van der Waals surface area contributed by atoms with Crippen LogP contribution in [-0.2, 0) is 4.74 Å². The SMILES string of the molecule is CCC(CC)C(C)Nc1nc(C)cn1C(C)COC. The number of nitrogens with zero attached hydrogens (tertiary/aromatic N) is 2. The summed E-state index contributed by atoms with van der Waals surface area (Å²) < 4.78 is 7.42. The van der Waals surface area contributed by atoms with Crippen LogP contribution in [0.15, 0.2) is 6.20 Å². The number of imidazole rings is 1. The third-order valence-electron chi connectivity index (χ3n) is 3.85. The van der Waals surface area contributed by atoms with Crippen LogP contribution in [0.1, 0.15) is 52.3 Å². The molecule has 19 heavy (non-hydrogen) atoms. The van der Waals surface area contributed by atoms with Gasteiger partial charge in [-0.1, -0.05) is 26.7 Å². The van der Waals surface area contributed by atoms with Gasteiger partial charge in [-0.2, -0.15) is 0 Å². The largest absolute Gasteiger partial charge is 0.383 e.